The first-order chi connectivity index (χ1) is 28.2. The summed E-state index contributed by atoms with van der Waals surface area (Å²) in [6.45, 7) is 12.5. The molecular weight excluding hydrogens is 753 g/mol. The third-order valence-electron chi connectivity index (χ3n) is 12.2. The minimum absolute atomic E-state index is 0.0186. The van der Waals surface area contributed by atoms with Crippen molar-refractivity contribution in [2.75, 3.05) is 44.2 Å². The second-order valence-electron chi connectivity index (χ2n) is 16.8. The zero-order valence-electron chi connectivity index (χ0n) is 33.8. The molecule has 1 aromatic heterocycles. The summed E-state index contributed by atoms with van der Waals surface area (Å²) in [6.07, 6.45) is 3.79. The molecule has 5 amide bonds. The van der Waals surface area contributed by atoms with Crippen LogP contribution in [0, 0.1) is 33.5 Å². The van der Waals surface area contributed by atoms with Gasteiger partial charge in [0.1, 0.15) is 41.6 Å². The molecule has 306 valence electrons. The third-order valence-corrected chi connectivity index (χ3v) is 12.2. The van der Waals surface area contributed by atoms with Crippen molar-refractivity contribution in [1.82, 2.24) is 19.7 Å². The predicted molar refractivity (Wildman–Crippen MR) is 214 cm³/mol. The lowest BCUT2D eigenvalue weighted by atomic mass is 9.48. The van der Waals surface area contributed by atoms with Crippen molar-refractivity contribution in [3.05, 3.63) is 82.5 Å². The number of nitrogens with two attached hydrogens (primary N) is 1. The molecular formula is C44H48N8O7. The van der Waals surface area contributed by atoms with Gasteiger partial charge in [0.25, 0.3) is 17.7 Å². The van der Waals surface area contributed by atoms with Crippen LogP contribution in [-0.4, -0.2) is 107 Å². The second-order valence-corrected chi connectivity index (χ2v) is 16.8. The number of carbonyl (C=O) groups excluding carboxylic acids is 5. The van der Waals surface area contributed by atoms with Gasteiger partial charge >= 0.3 is 0 Å². The van der Waals surface area contributed by atoms with E-state index in [0.717, 1.165) is 62.7 Å². The van der Waals surface area contributed by atoms with Gasteiger partial charge in [0, 0.05) is 49.6 Å². The van der Waals surface area contributed by atoms with Gasteiger partial charge in [-0.1, -0.05) is 27.7 Å². The van der Waals surface area contributed by atoms with E-state index in [1.54, 1.807) is 30.3 Å². The van der Waals surface area contributed by atoms with Crippen LogP contribution in [0.25, 0.3) is 0 Å². The summed E-state index contributed by atoms with van der Waals surface area (Å²) in [7, 11) is 0. The van der Waals surface area contributed by atoms with Crippen molar-refractivity contribution >= 4 is 35.4 Å². The van der Waals surface area contributed by atoms with Crippen LogP contribution in [0.2, 0.25) is 0 Å². The highest BCUT2D eigenvalue weighted by atomic mass is 16.5. The fraction of sp³-hybridized carbons (Fsp3) is 0.455. The molecule has 1 saturated carbocycles. The number of hydrogen-bond donors (Lipinski definition) is 1. The van der Waals surface area contributed by atoms with Crippen LogP contribution in [0.4, 0.5) is 5.82 Å². The average Bonchev–Trinajstić information content (AvgIpc) is 3.47. The zero-order chi connectivity index (χ0) is 42.2. The number of unbranched alkanes of at least 4 members (excludes halogenated alkanes) is 2. The molecule has 3 fully saturated rings. The molecule has 15 heteroatoms. The summed E-state index contributed by atoms with van der Waals surface area (Å²) in [4.78, 5) is 78.0. The normalized spacial score (nSPS) is 22.3. The zero-order valence-corrected chi connectivity index (χ0v) is 33.8. The molecule has 59 heavy (non-hydrogen) atoms. The lowest BCUT2D eigenvalue weighted by molar-refractivity contribution is -0.216. The number of hydrogen-bond acceptors (Lipinski definition) is 12. The Morgan fingerprint density at radius 2 is 1.53 bits per heavy atom. The maximum atomic E-state index is 14.3. The fourth-order valence-corrected chi connectivity index (χ4v) is 9.63. The van der Waals surface area contributed by atoms with Gasteiger partial charge in [0.05, 0.1) is 40.5 Å². The van der Waals surface area contributed by atoms with Crippen molar-refractivity contribution in [2.24, 2.45) is 16.6 Å². The minimum atomic E-state index is -1.15. The first-order valence-electron chi connectivity index (χ1n) is 20.0. The number of imide groups is 2. The third kappa shape index (κ3) is 7.58. The molecule has 4 aliphatic rings. The van der Waals surface area contributed by atoms with Crippen LogP contribution in [0.3, 0.4) is 0 Å². The van der Waals surface area contributed by atoms with E-state index in [0.29, 0.717) is 23.7 Å². The quantitative estimate of drug-likeness (QED) is 0.190. The Kier molecular flexibility index (Phi) is 11.2. The summed E-state index contributed by atoms with van der Waals surface area (Å²) in [5, 5.41) is 18.8. The van der Waals surface area contributed by atoms with Crippen molar-refractivity contribution in [3.8, 4) is 23.6 Å². The van der Waals surface area contributed by atoms with Gasteiger partial charge in [0.15, 0.2) is 0 Å². The Balaban J connectivity index is 0.912. The molecule has 3 aliphatic heterocycles. The van der Waals surface area contributed by atoms with E-state index in [9.17, 15) is 34.5 Å². The molecule has 1 atom stereocenters. The van der Waals surface area contributed by atoms with Gasteiger partial charge in [-0.15, -0.1) is 0 Å². The fourth-order valence-electron chi connectivity index (χ4n) is 9.63. The summed E-state index contributed by atoms with van der Waals surface area (Å²) in [5.74, 6) is -0.957. The summed E-state index contributed by atoms with van der Waals surface area (Å²) in [5.41, 5.74) is 4.99. The first kappa shape index (κ1) is 40.9. The van der Waals surface area contributed by atoms with Crippen molar-refractivity contribution in [2.45, 2.75) is 78.0 Å². The second kappa shape index (κ2) is 16.1. The molecule has 1 unspecified atom stereocenters. The number of fused-ring (bicyclic) bond motifs is 1. The van der Waals surface area contributed by atoms with Crippen molar-refractivity contribution in [3.63, 3.8) is 0 Å². The van der Waals surface area contributed by atoms with Crippen LogP contribution in [0.1, 0.15) is 102 Å². The molecule has 7 rings (SSSR count). The van der Waals surface area contributed by atoms with Crippen LogP contribution >= 0.6 is 0 Å². The number of nitrogens with zero attached hydrogens (tertiary/aromatic N) is 7. The number of anilines is 1. The number of likely N-dealkylation sites (tertiary alicyclic amines) is 1. The van der Waals surface area contributed by atoms with Crippen molar-refractivity contribution in [1.29, 1.82) is 10.5 Å². The number of aromatic nitrogens is 1. The molecule has 15 nitrogen and oxygen atoms in total. The first-order valence-corrected chi connectivity index (χ1v) is 20.0. The Morgan fingerprint density at radius 1 is 0.831 bits per heavy atom. The van der Waals surface area contributed by atoms with E-state index >= 15 is 0 Å². The van der Waals surface area contributed by atoms with Gasteiger partial charge < -0.3 is 20.1 Å². The van der Waals surface area contributed by atoms with Crippen LogP contribution in [0.15, 0.2) is 54.7 Å². The maximum absolute atomic E-state index is 14.3. The van der Waals surface area contributed by atoms with Crippen LogP contribution in [0.5, 0.6) is 11.5 Å². The number of ether oxygens (including phenoxy) is 2. The number of piperazine rings is 1. The smallest absolute Gasteiger partial charge is 0.262 e. The van der Waals surface area contributed by atoms with Gasteiger partial charge in [0.2, 0.25) is 11.8 Å². The largest absolute Gasteiger partial charge is 0.494 e. The number of carbonyl (C=O) groups is 5. The molecule has 0 radical (unpaired) electrons. The number of piperidine rings is 1. The van der Waals surface area contributed by atoms with Crippen molar-refractivity contribution < 1.29 is 33.4 Å². The number of nitriles is 2. The lowest BCUT2D eigenvalue weighted by Crippen LogP contribution is -2.77. The standard InChI is InChI=1S/C44H48N8O7/c1-43(2)41(44(3,4)42(43)59-31-10-8-27(24-45)29(22-31)25-46)52-36(53)15-13-34(40(52)57)51-38(55)32-12-11-30(23-33(32)39(51)56)58-21-7-5-6-16-49-17-19-50(20-18-49)35-14-9-28(26-48-35)37(47)54/h8-12,14,22-23,26,34,41-42H,5-7,13,15-21H2,1-4H3,(H2,47,54). The van der Waals surface area contributed by atoms with E-state index in [2.05, 4.69) is 14.8 Å². The van der Waals surface area contributed by atoms with E-state index < -0.39 is 52.6 Å². The molecule has 1 aliphatic carbocycles. The number of benzene rings is 2. The van der Waals surface area contributed by atoms with Crippen LogP contribution in [-0.2, 0) is 9.59 Å². The van der Waals surface area contributed by atoms with Crippen LogP contribution < -0.4 is 20.1 Å². The van der Waals surface area contributed by atoms with Gasteiger partial charge in [-0.2, -0.15) is 10.5 Å². The molecule has 0 bridgehead atoms. The van der Waals surface area contributed by atoms with Gasteiger partial charge in [-0.25, -0.2) is 4.98 Å². The minimum Gasteiger partial charge on any atom is -0.494 e. The SMILES string of the molecule is CC1(C)C(Oc2ccc(C#N)c(C#N)c2)C(C)(C)C1N1C(=O)CCC(N2C(=O)c3ccc(OCCCCCN4CCN(c5ccc(C(N)=O)cn5)CC4)cc3C2=O)C1=O. The van der Waals surface area contributed by atoms with E-state index in [-0.39, 0.29) is 41.0 Å². The number of amides is 5. The molecule has 3 aromatic rings. The number of rotatable bonds is 13. The molecule has 4 heterocycles. The molecule has 2 N–H and O–H groups in total. The topological polar surface area (TPSA) is 203 Å². The predicted octanol–water partition coefficient (Wildman–Crippen LogP) is 4.29. The number of primary amides is 1. The summed E-state index contributed by atoms with van der Waals surface area (Å²) >= 11 is 0. The Bertz CT molecular complexity index is 2250. The lowest BCUT2D eigenvalue weighted by Gasteiger charge is -2.65. The van der Waals surface area contributed by atoms with E-state index in [1.165, 1.54) is 23.2 Å². The number of pyridine rings is 1. The highest BCUT2D eigenvalue weighted by Gasteiger charge is 2.68. The molecule has 2 aromatic carbocycles. The van der Waals surface area contributed by atoms with Gasteiger partial charge in [-0.05, 0) is 80.8 Å². The Morgan fingerprint density at radius 3 is 2.19 bits per heavy atom. The van der Waals surface area contributed by atoms with E-state index in [1.807, 2.05) is 45.9 Å². The Hall–Kier alpha value is -6.32. The monoisotopic (exact) mass is 800 g/mol. The summed E-state index contributed by atoms with van der Waals surface area (Å²) in [6, 6.07) is 15.2. The summed E-state index contributed by atoms with van der Waals surface area (Å²) < 4.78 is 12.4. The van der Waals surface area contributed by atoms with E-state index in [4.69, 9.17) is 15.2 Å². The molecule has 0 spiro atoms. The maximum Gasteiger partial charge on any atom is 0.262 e. The highest BCUT2D eigenvalue weighted by molar-refractivity contribution is 6.23. The average molecular weight is 801 g/mol. The van der Waals surface area contributed by atoms with Gasteiger partial charge in [-0.3, -0.25) is 38.7 Å². The highest BCUT2D eigenvalue weighted by Crippen LogP contribution is 2.58. The molecule has 2 saturated heterocycles. The Labute approximate surface area is 343 Å².